The lowest BCUT2D eigenvalue weighted by molar-refractivity contribution is -0.134. The third kappa shape index (κ3) is 5.43. The van der Waals surface area contributed by atoms with Gasteiger partial charge >= 0.3 is 5.97 Å². The normalized spacial score (nSPS) is 17.0. The first-order valence-corrected chi connectivity index (χ1v) is 11.4. The van der Waals surface area contributed by atoms with Crippen LogP contribution < -0.4 is 0 Å². The first-order valence-electron chi connectivity index (χ1n) is 9.55. The van der Waals surface area contributed by atoms with Crippen molar-refractivity contribution in [2.24, 2.45) is 0 Å². The molecule has 0 aromatic heterocycles. The summed E-state index contributed by atoms with van der Waals surface area (Å²) in [6.45, 7) is -0.529. The van der Waals surface area contributed by atoms with E-state index in [0.29, 0.717) is 6.42 Å². The van der Waals surface area contributed by atoms with Crippen LogP contribution in [0.1, 0.15) is 37.5 Å². The fourth-order valence-corrected chi connectivity index (χ4v) is 4.98. The minimum absolute atomic E-state index is 0.0346. The summed E-state index contributed by atoms with van der Waals surface area (Å²) in [5.41, 5.74) is 0.514. The average Bonchev–Trinajstić information content (AvgIpc) is 3.15. The van der Waals surface area contributed by atoms with Gasteiger partial charge in [-0.05, 0) is 18.6 Å². The Bertz CT molecular complexity index is 1110. The van der Waals surface area contributed by atoms with Gasteiger partial charge in [-0.25, -0.2) is 13.2 Å². The fraction of sp³-hybridized carbons (Fsp3) is 0.273. The molecule has 1 atom stereocenters. The van der Waals surface area contributed by atoms with Crippen molar-refractivity contribution >= 4 is 33.3 Å². The van der Waals surface area contributed by atoms with E-state index in [-0.39, 0.29) is 28.2 Å². The van der Waals surface area contributed by atoms with Crippen LogP contribution in [0.25, 0.3) is 0 Å². The van der Waals surface area contributed by atoms with Gasteiger partial charge in [-0.2, -0.15) is 0 Å². The Morgan fingerprint density at radius 3 is 2.00 bits per heavy atom. The molecular weight excluding hydrogens is 422 g/mol. The van der Waals surface area contributed by atoms with Crippen LogP contribution in [0.5, 0.6) is 0 Å². The molecule has 1 aliphatic heterocycles. The lowest BCUT2D eigenvalue weighted by Crippen LogP contribution is -2.40. The molecule has 2 aromatic carbocycles. The Morgan fingerprint density at radius 2 is 1.45 bits per heavy atom. The highest BCUT2D eigenvalue weighted by Gasteiger charge is 2.33. The second-order valence-corrected chi connectivity index (χ2v) is 9.47. The van der Waals surface area contributed by atoms with E-state index in [4.69, 9.17) is 4.74 Å². The molecule has 8 nitrogen and oxygen atoms in total. The largest absolute Gasteiger partial charge is 0.452 e. The molecule has 0 aliphatic carbocycles. The van der Waals surface area contributed by atoms with E-state index in [1.54, 1.807) is 30.3 Å². The van der Waals surface area contributed by atoms with Gasteiger partial charge in [-0.1, -0.05) is 42.5 Å². The number of hydrogen-bond donors (Lipinski definition) is 0. The highest BCUT2D eigenvalue weighted by atomic mass is 32.2. The molecule has 0 spiro atoms. The van der Waals surface area contributed by atoms with Gasteiger partial charge in [-0.15, -0.1) is 0 Å². The van der Waals surface area contributed by atoms with Gasteiger partial charge in [0.2, 0.25) is 11.6 Å². The van der Waals surface area contributed by atoms with Crippen molar-refractivity contribution in [3.05, 3.63) is 71.3 Å². The van der Waals surface area contributed by atoms with Crippen molar-refractivity contribution in [2.45, 2.75) is 12.5 Å². The third-order valence-corrected chi connectivity index (χ3v) is 6.85. The van der Waals surface area contributed by atoms with Crippen LogP contribution >= 0.6 is 0 Å². The van der Waals surface area contributed by atoms with E-state index < -0.39 is 45.9 Å². The quantitative estimate of drug-likeness (QED) is 0.362. The first kappa shape index (κ1) is 22.4. The zero-order chi connectivity index (χ0) is 22.6. The molecule has 162 valence electrons. The van der Waals surface area contributed by atoms with Crippen molar-refractivity contribution in [1.82, 2.24) is 4.90 Å². The predicted octanol–water partition coefficient (Wildman–Crippen LogP) is 1.55. The van der Waals surface area contributed by atoms with Crippen molar-refractivity contribution in [1.29, 1.82) is 0 Å². The summed E-state index contributed by atoms with van der Waals surface area (Å²) < 4.78 is 28.1. The molecule has 1 amide bonds. The van der Waals surface area contributed by atoms with Gasteiger partial charge in [-0.3, -0.25) is 14.4 Å². The Hall–Kier alpha value is -3.33. The van der Waals surface area contributed by atoms with Gasteiger partial charge in [0.25, 0.3) is 5.91 Å². The second-order valence-electron chi connectivity index (χ2n) is 7.24. The van der Waals surface area contributed by atoms with Crippen LogP contribution in [-0.4, -0.2) is 68.0 Å². The van der Waals surface area contributed by atoms with Crippen LogP contribution in [0, 0.1) is 0 Å². The van der Waals surface area contributed by atoms with Crippen LogP contribution in [0.4, 0.5) is 0 Å². The summed E-state index contributed by atoms with van der Waals surface area (Å²) in [7, 11) is -1.66. The SMILES string of the molecule is CN(C(=O)COC(=O)c1ccc(C(=O)C(=O)c2ccccc2)cc1)C1CCS(=O)(=O)C1. The summed E-state index contributed by atoms with van der Waals surface area (Å²) in [5, 5.41) is 0. The first-order chi connectivity index (χ1) is 14.7. The van der Waals surface area contributed by atoms with E-state index >= 15 is 0 Å². The summed E-state index contributed by atoms with van der Waals surface area (Å²) >= 11 is 0. The van der Waals surface area contributed by atoms with E-state index in [2.05, 4.69) is 0 Å². The summed E-state index contributed by atoms with van der Waals surface area (Å²) in [6, 6.07) is 13.1. The number of ether oxygens (including phenoxy) is 1. The van der Waals surface area contributed by atoms with Crippen molar-refractivity contribution < 1.29 is 32.3 Å². The van der Waals surface area contributed by atoms with E-state index in [0.717, 1.165) is 0 Å². The summed E-state index contributed by atoms with van der Waals surface area (Å²) in [4.78, 5) is 50.2. The molecule has 2 aromatic rings. The average molecular weight is 443 g/mol. The maximum atomic E-state index is 12.3. The monoisotopic (exact) mass is 443 g/mol. The molecule has 31 heavy (non-hydrogen) atoms. The lowest BCUT2D eigenvalue weighted by Gasteiger charge is -2.23. The molecule has 1 heterocycles. The second kappa shape index (κ2) is 9.22. The molecule has 1 unspecified atom stereocenters. The Balaban J connectivity index is 1.56. The van der Waals surface area contributed by atoms with Gasteiger partial charge in [0, 0.05) is 24.2 Å². The number of hydrogen-bond acceptors (Lipinski definition) is 7. The molecule has 1 saturated heterocycles. The van der Waals surface area contributed by atoms with E-state index in [1.165, 1.54) is 36.2 Å². The predicted molar refractivity (Wildman–Crippen MR) is 112 cm³/mol. The van der Waals surface area contributed by atoms with Gasteiger partial charge in [0.15, 0.2) is 16.4 Å². The molecular formula is C22H21NO7S. The number of sulfone groups is 1. The Kier molecular flexibility index (Phi) is 6.65. The number of amides is 1. The van der Waals surface area contributed by atoms with Crippen LogP contribution in [-0.2, 0) is 19.4 Å². The Labute approximate surface area is 179 Å². The van der Waals surface area contributed by atoms with Crippen LogP contribution in [0.15, 0.2) is 54.6 Å². The number of benzene rings is 2. The number of carbonyl (C=O) groups is 4. The number of carbonyl (C=O) groups excluding carboxylic acids is 4. The number of Topliss-reactive ketones (excluding diaryl/α,β-unsaturated/α-hetero) is 2. The number of ketones is 2. The van der Waals surface area contributed by atoms with Gasteiger partial charge < -0.3 is 9.64 Å². The van der Waals surface area contributed by atoms with Crippen LogP contribution in [0.3, 0.4) is 0 Å². The highest BCUT2D eigenvalue weighted by molar-refractivity contribution is 7.91. The lowest BCUT2D eigenvalue weighted by atomic mass is 10.0. The topological polar surface area (TPSA) is 115 Å². The molecule has 0 radical (unpaired) electrons. The molecule has 1 fully saturated rings. The minimum Gasteiger partial charge on any atom is -0.452 e. The number of likely N-dealkylation sites (N-methyl/N-ethyl adjacent to an activating group) is 1. The maximum Gasteiger partial charge on any atom is 0.338 e. The smallest absolute Gasteiger partial charge is 0.338 e. The maximum absolute atomic E-state index is 12.3. The summed E-state index contributed by atoms with van der Waals surface area (Å²) in [6.07, 6.45) is 0.357. The van der Waals surface area contributed by atoms with Crippen molar-refractivity contribution in [3.63, 3.8) is 0 Å². The van der Waals surface area contributed by atoms with Gasteiger partial charge in [0.05, 0.1) is 17.1 Å². The van der Waals surface area contributed by atoms with Crippen LogP contribution in [0.2, 0.25) is 0 Å². The number of esters is 1. The molecule has 9 heteroatoms. The zero-order valence-corrected chi connectivity index (χ0v) is 17.6. The molecule has 0 saturated carbocycles. The number of nitrogens with zero attached hydrogens (tertiary/aromatic N) is 1. The molecule has 0 bridgehead atoms. The fourth-order valence-electron chi connectivity index (χ4n) is 3.21. The Morgan fingerprint density at radius 1 is 0.903 bits per heavy atom. The van der Waals surface area contributed by atoms with E-state index in [1.807, 2.05) is 0 Å². The standard InChI is InChI=1S/C22H21NO7S/c1-23(18-11-12-31(28,29)14-18)19(24)13-30-22(27)17-9-7-16(8-10-17)21(26)20(25)15-5-3-2-4-6-15/h2-10,18H,11-14H2,1H3. The third-order valence-electron chi connectivity index (χ3n) is 5.10. The molecule has 3 rings (SSSR count). The highest BCUT2D eigenvalue weighted by Crippen LogP contribution is 2.17. The number of rotatable bonds is 7. The molecule has 0 N–H and O–H groups in total. The van der Waals surface area contributed by atoms with Crippen molar-refractivity contribution in [2.75, 3.05) is 25.2 Å². The summed E-state index contributed by atoms with van der Waals surface area (Å²) in [5.74, 6) is -2.69. The van der Waals surface area contributed by atoms with Gasteiger partial charge in [0.1, 0.15) is 0 Å². The molecule has 1 aliphatic rings. The van der Waals surface area contributed by atoms with E-state index in [9.17, 15) is 27.6 Å². The minimum atomic E-state index is -3.14. The van der Waals surface area contributed by atoms with Crippen molar-refractivity contribution in [3.8, 4) is 0 Å². The zero-order valence-electron chi connectivity index (χ0n) is 16.8.